The van der Waals surface area contributed by atoms with Crippen LogP contribution in [0.15, 0.2) is 42.5 Å². The van der Waals surface area contributed by atoms with Crippen LogP contribution in [0.1, 0.15) is 39.9 Å². The first-order valence-corrected chi connectivity index (χ1v) is 8.18. The van der Waals surface area contributed by atoms with Crippen molar-refractivity contribution in [3.8, 4) is 0 Å². The lowest BCUT2D eigenvalue weighted by Gasteiger charge is -2.31. The molecule has 0 aromatic heterocycles. The fourth-order valence-corrected chi connectivity index (χ4v) is 3.43. The predicted molar refractivity (Wildman–Crippen MR) is 91.6 cm³/mol. The second-order valence-electron chi connectivity index (χ2n) is 6.56. The van der Waals surface area contributed by atoms with Crippen molar-refractivity contribution in [2.24, 2.45) is 0 Å². The molecule has 24 heavy (non-hydrogen) atoms. The quantitative estimate of drug-likeness (QED) is 0.757. The molecule has 0 saturated heterocycles. The highest BCUT2D eigenvalue weighted by atomic mass is 19.1. The SMILES string of the molecule is CN(C)CCC[C@@]1(c2ccc(F)cc2)OCc2cc(C=O)ccc21. The van der Waals surface area contributed by atoms with Gasteiger partial charge >= 0.3 is 0 Å². The van der Waals surface area contributed by atoms with E-state index < -0.39 is 5.60 Å². The summed E-state index contributed by atoms with van der Waals surface area (Å²) in [4.78, 5) is 13.2. The molecular weight excluding hydrogens is 305 g/mol. The van der Waals surface area contributed by atoms with Gasteiger partial charge in [0.15, 0.2) is 0 Å². The van der Waals surface area contributed by atoms with E-state index in [4.69, 9.17) is 4.74 Å². The number of carbonyl (C=O) groups is 1. The van der Waals surface area contributed by atoms with Crippen molar-refractivity contribution >= 4 is 6.29 Å². The maximum atomic E-state index is 13.4. The van der Waals surface area contributed by atoms with Crippen molar-refractivity contribution in [3.05, 3.63) is 70.5 Å². The van der Waals surface area contributed by atoms with Gasteiger partial charge < -0.3 is 9.64 Å². The molecule has 0 aliphatic carbocycles. The fraction of sp³-hybridized carbons (Fsp3) is 0.350. The van der Waals surface area contributed by atoms with Gasteiger partial charge in [0.05, 0.1) is 6.61 Å². The number of benzene rings is 2. The third-order valence-corrected chi connectivity index (χ3v) is 4.62. The molecule has 0 saturated carbocycles. The van der Waals surface area contributed by atoms with Gasteiger partial charge in [0.2, 0.25) is 0 Å². The van der Waals surface area contributed by atoms with Crippen LogP contribution in [0.2, 0.25) is 0 Å². The van der Waals surface area contributed by atoms with Crippen LogP contribution in [-0.4, -0.2) is 31.8 Å². The molecule has 1 aliphatic heterocycles. The van der Waals surface area contributed by atoms with Crippen LogP contribution in [0.4, 0.5) is 4.39 Å². The van der Waals surface area contributed by atoms with Gasteiger partial charge in [-0.15, -0.1) is 0 Å². The lowest BCUT2D eigenvalue weighted by atomic mass is 9.81. The van der Waals surface area contributed by atoms with Gasteiger partial charge in [-0.3, -0.25) is 4.79 Å². The lowest BCUT2D eigenvalue weighted by Crippen LogP contribution is -2.28. The summed E-state index contributed by atoms with van der Waals surface area (Å²) in [6.45, 7) is 1.42. The van der Waals surface area contributed by atoms with E-state index in [2.05, 4.69) is 4.90 Å². The summed E-state index contributed by atoms with van der Waals surface area (Å²) < 4.78 is 19.6. The molecule has 0 amide bonds. The highest BCUT2D eigenvalue weighted by Gasteiger charge is 2.41. The zero-order valence-corrected chi connectivity index (χ0v) is 14.1. The lowest BCUT2D eigenvalue weighted by molar-refractivity contribution is -0.0140. The standard InChI is InChI=1S/C20H22FNO2/c1-22(2)11-3-10-20(17-5-7-18(21)8-6-17)19-9-4-15(13-23)12-16(19)14-24-20/h4-9,12-13H,3,10-11,14H2,1-2H3/t20-/m0/s1. The van der Waals surface area contributed by atoms with Crippen LogP contribution in [-0.2, 0) is 16.9 Å². The first-order valence-electron chi connectivity index (χ1n) is 8.18. The fourth-order valence-electron chi connectivity index (χ4n) is 3.43. The zero-order chi connectivity index (χ0) is 17.2. The molecule has 2 aromatic carbocycles. The van der Waals surface area contributed by atoms with E-state index in [1.807, 2.05) is 32.3 Å². The molecule has 3 rings (SSSR count). The molecule has 1 heterocycles. The molecule has 0 bridgehead atoms. The summed E-state index contributed by atoms with van der Waals surface area (Å²) >= 11 is 0. The largest absolute Gasteiger partial charge is 0.361 e. The van der Waals surface area contributed by atoms with Crippen LogP contribution in [0.5, 0.6) is 0 Å². The summed E-state index contributed by atoms with van der Waals surface area (Å²) in [6, 6.07) is 12.2. The van der Waals surface area contributed by atoms with E-state index in [-0.39, 0.29) is 5.82 Å². The number of rotatable bonds is 6. The highest BCUT2D eigenvalue weighted by Crippen LogP contribution is 2.45. The molecule has 4 heteroatoms. The van der Waals surface area contributed by atoms with E-state index in [9.17, 15) is 9.18 Å². The highest BCUT2D eigenvalue weighted by molar-refractivity contribution is 5.75. The van der Waals surface area contributed by atoms with Gasteiger partial charge in [-0.2, -0.15) is 0 Å². The van der Waals surface area contributed by atoms with Crippen LogP contribution in [0, 0.1) is 5.82 Å². The zero-order valence-electron chi connectivity index (χ0n) is 14.1. The monoisotopic (exact) mass is 327 g/mol. The van der Waals surface area contributed by atoms with E-state index >= 15 is 0 Å². The van der Waals surface area contributed by atoms with Gasteiger partial charge in [-0.25, -0.2) is 4.39 Å². The molecule has 0 N–H and O–H groups in total. The van der Waals surface area contributed by atoms with E-state index in [1.54, 1.807) is 12.1 Å². The molecule has 0 unspecified atom stereocenters. The topological polar surface area (TPSA) is 29.5 Å². The summed E-state index contributed by atoms with van der Waals surface area (Å²) in [6.07, 6.45) is 2.62. The minimum atomic E-state index is -0.569. The van der Waals surface area contributed by atoms with Crippen molar-refractivity contribution in [2.45, 2.75) is 25.0 Å². The number of aldehydes is 1. The Labute approximate surface area is 142 Å². The van der Waals surface area contributed by atoms with Crippen LogP contribution >= 0.6 is 0 Å². The second kappa shape index (κ2) is 6.83. The van der Waals surface area contributed by atoms with E-state index in [0.717, 1.165) is 42.4 Å². The first kappa shape index (κ1) is 16.8. The Hall–Kier alpha value is -2.04. The minimum absolute atomic E-state index is 0.253. The number of hydrogen-bond acceptors (Lipinski definition) is 3. The van der Waals surface area contributed by atoms with Gasteiger partial charge in [0.1, 0.15) is 17.7 Å². The number of fused-ring (bicyclic) bond motifs is 1. The average molecular weight is 327 g/mol. The third kappa shape index (κ3) is 3.12. The smallest absolute Gasteiger partial charge is 0.150 e. The molecule has 3 nitrogen and oxygen atoms in total. The maximum Gasteiger partial charge on any atom is 0.150 e. The minimum Gasteiger partial charge on any atom is -0.361 e. The Kier molecular flexibility index (Phi) is 4.78. The summed E-state index contributed by atoms with van der Waals surface area (Å²) in [5.41, 5.74) is 3.16. The van der Waals surface area contributed by atoms with Crippen molar-refractivity contribution in [3.63, 3.8) is 0 Å². The molecular formula is C20H22FNO2. The van der Waals surface area contributed by atoms with Crippen LogP contribution in [0.3, 0.4) is 0 Å². The van der Waals surface area contributed by atoms with Crippen molar-refractivity contribution < 1.29 is 13.9 Å². The number of carbonyl (C=O) groups excluding carboxylic acids is 1. The number of ether oxygens (including phenoxy) is 1. The van der Waals surface area contributed by atoms with E-state index in [0.29, 0.717) is 12.2 Å². The second-order valence-corrected chi connectivity index (χ2v) is 6.56. The van der Waals surface area contributed by atoms with Gasteiger partial charge in [-0.05, 0) is 68.4 Å². The molecule has 2 aromatic rings. The maximum absolute atomic E-state index is 13.4. The van der Waals surface area contributed by atoms with Gasteiger partial charge in [0.25, 0.3) is 0 Å². The summed E-state index contributed by atoms with van der Waals surface area (Å²) in [5.74, 6) is -0.253. The van der Waals surface area contributed by atoms with Crippen LogP contribution < -0.4 is 0 Å². The van der Waals surface area contributed by atoms with E-state index in [1.165, 1.54) is 12.1 Å². The molecule has 0 radical (unpaired) electrons. The molecule has 1 aliphatic rings. The summed E-state index contributed by atoms with van der Waals surface area (Å²) in [7, 11) is 4.09. The Balaban J connectivity index is 2.01. The molecule has 126 valence electrons. The van der Waals surface area contributed by atoms with Crippen molar-refractivity contribution in [1.29, 1.82) is 0 Å². The Bertz CT molecular complexity index is 727. The average Bonchev–Trinajstić information content (AvgIpc) is 2.94. The summed E-state index contributed by atoms with van der Waals surface area (Å²) in [5, 5.41) is 0. The van der Waals surface area contributed by atoms with Gasteiger partial charge in [-0.1, -0.05) is 24.3 Å². The Morgan fingerprint density at radius 3 is 2.62 bits per heavy atom. The number of halogens is 1. The number of nitrogens with zero attached hydrogens (tertiary/aromatic N) is 1. The van der Waals surface area contributed by atoms with Crippen molar-refractivity contribution in [2.75, 3.05) is 20.6 Å². The van der Waals surface area contributed by atoms with Gasteiger partial charge in [0, 0.05) is 5.56 Å². The Morgan fingerprint density at radius 2 is 1.96 bits per heavy atom. The molecule has 0 spiro atoms. The number of hydrogen-bond donors (Lipinski definition) is 0. The first-order chi connectivity index (χ1) is 11.5. The molecule has 0 fully saturated rings. The molecule has 1 atom stereocenters. The Morgan fingerprint density at radius 1 is 1.21 bits per heavy atom. The predicted octanol–water partition coefficient (Wildman–Crippen LogP) is 3.75. The van der Waals surface area contributed by atoms with Crippen LogP contribution in [0.25, 0.3) is 0 Å². The third-order valence-electron chi connectivity index (χ3n) is 4.62. The normalized spacial score (nSPS) is 19.5. The van der Waals surface area contributed by atoms with Crippen molar-refractivity contribution in [1.82, 2.24) is 4.90 Å².